The van der Waals surface area contributed by atoms with Crippen LogP contribution in [-0.2, 0) is 0 Å². The molecule has 0 atom stereocenters. The molecule has 23 heavy (non-hydrogen) atoms. The van der Waals surface area contributed by atoms with Gasteiger partial charge in [-0.3, -0.25) is 4.79 Å². The SMILES string of the molecule is C=CCOc1ccccc1/C=C(\C)C(=O)c1cc(Cl)ccc1O. The van der Waals surface area contributed by atoms with E-state index >= 15 is 0 Å². The molecule has 0 spiro atoms. The molecule has 0 radical (unpaired) electrons. The maximum Gasteiger partial charge on any atom is 0.192 e. The Labute approximate surface area is 140 Å². The van der Waals surface area contributed by atoms with E-state index in [1.807, 2.05) is 24.3 Å². The molecule has 2 rings (SSSR count). The van der Waals surface area contributed by atoms with Crippen molar-refractivity contribution >= 4 is 23.5 Å². The summed E-state index contributed by atoms with van der Waals surface area (Å²) in [6.07, 6.45) is 3.38. The lowest BCUT2D eigenvalue weighted by atomic mass is 10.0. The molecule has 0 aromatic heterocycles. The van der Waals surface area contributed by atoms with Gasteiger partial charge in [-0.25, -0.2) is 0 Å². The van der Waals surface area contributed by atoms with Crippen LogP contribution in [0.4, 0.5) is 0 Å². The van der Waals surface area contributed by atoms with E-state index in [9.17, 15) is 9.90 Å². The summed E-state index contributed by atoms with van der Waals surface area (Å²) < 4.78 is 5.57. The number of ketones is 1. The number of halogens is 1. The van der Waals surface area contributed by atoms with Crippen LogP contribution in [0.15, 0.2) is 60.7 Å². The first-order valence-electron chi connectivity index (χ1n) is 7.07. The van der Waals surface area contributed by atoms with E-state index < -0.39 is 0 Å². The quantitative estimate of drug-likeness (QED) is 0.466. The highest BCUT2D eigenvalue weighted by atomic mass is 35.5. The number of hydrogen-bond donors (Lipinski definition) is 1. The number of phenolic OH excluding ortho intramolecular Hbond substituents is 1. The van der Waals surface area contributed by atoms with E-state index in [1.54, 1.807) is 19.1 Å². The van der Waals surface area contributed by atoms with Crippen LogP contribution in [0.1, 0.15) is 22.8 Å². The van der Waals surface area contributed by atoms with Gasteiger partial charge in [0, 0.05) is 10.6 Å². The third-order valence-corrected chi connectivity index (χ3v) is 3.44. The first-order valence-corrected chi connectivity index (χ1v) is 7.45. The zero-order valence-corrected chi connectivity index (χ0v) is 13.5. The van der Waals surface area contributed by atoms with Gasteiger partial charge in [0.05, 0.1) is 5.56 Å². The standard InChI is InChI=1S/C19H17ClO3/c1-3-10-23-18-7-5-4-6-14(18)11-13(2)19(22)16-12-15(20)8-9-17(16)21/h3-9,11-12,21H,1,10H2,2H3/b13-11+. The van der Waals surface area contributed by atoms with Crippen LogP contribution in [0.5, 0.6) is 11.5 Å². The molecule has 0 fully saturated rings. The maximum absolute atomic E-state index is 12.5. The summed E-state index contributed by atoms with van der Waals surface area (Å²) in [5.74, 6) is 0.279. The first-order chi connectivity index (χ1) is 11.0. The van der Waals surface area contributed by atoms with E-state index in [4.69, 9.17) is 16.3 Å². The number of Topliss-reactive ketones (excluding diaryl/α,β-unsaturated/α-hetero) is 1. The van der Waals surface area contributed by atoms with Gasteiger partial charge in [0.1, 0.15) is 18.1 Å². The monoisotopic (exact) mass is 328 g/mol. The largest absolute Gasteiger partial charge is 0.507 e. The Bertz CT molecular complexity index is 763. The van der Waals surface area contributed by atoms with Gasteiger partial charge in [-0.1, -0.05) is 42.5 Å². The van der Waals surface area contributed by atoms with E-state index in [-0.39, 0.29) is 17.1 Å². The number of carbonyl (C=O) groups is 1. The molecule has 0 saturated carbocycles. The molecule has 3 nitrogen and oxygen atoms in total. The van der Waals surface area contributed by atoms with Crippen molar-refractivity contribution in [2.24, 2.45) is 0 Å². The van der Waals surface area contributed by atoms with Crippen molar-refractivity contribution in [3.63, 3.8) is 0 Å². The third-order valence-electron chi connectivity index (χ3n) is 3.21. The topological polar surface area (TPSA) is 46.5 Å². The Hall–Kier alpha value is -2.52. The molecular formula is C19H17ClO3. The molecule has 0 aliphatic heterocycles. The van der Waals surface area contributed by atoms with Crippen molar-refractivity contribution < 1.29 is 14.6 Å². The van der Waals surface area contributed by atoms with E-state index in [2.05, 4.69) is 6.58 Å². The minimum atomic E-state index is -0.288. The predicted molar refractivity (Wildman–Crippen MR) is 93.2 cm³/mol. The lowest BCUT2D eigenvalue weighted by Gasteiger charge is -2.09. The second kappa shape index (κ2) is 7.65. The van der Waals surface area contributed by atoms with Crippen molar-refractivity contribution in [3.8, 4) is 11.5 Å². The molecule has 0 aliphatic carbocycles. The molecule has 0 heterocycles. The van der Waals surface area contributed by atoms with Gasteiger partial charge in [-0.05, 0) is 42.8 Å². The second-order valence-electron chi connectivity index (χ2n) is 4.96. The highest BCUT2D eigenvalue weighted by molar-refractivity contribution is 6.31. The molecule has 118 valence electrons. The molecule has 0 amide bonds. The van der Waals surface area contributed by atoms with Gasteiger partial charge in [0.25, 0.3) is 0 Å². The highest BCUT2D eigenvalue weighted by Crippen LogP contribution is 2.26. The van der Waals surface area contributed by atoms with Crippen molar-refractivity contribution in [2.45, 2.75) is 6.92 Å². The van der Waals surface area contributed by atoms with Crippen LogP contribution in [0.2, 0.25) is 5.02 Å². The summed E-state index contributed by atoms with van der Waals surface area (Å²) >= 11 is 5.90. The van der Waals surface area contributed by atoms with Gasteiger partial charge in [0.15, 0.2) is 5.78 Å². The van der Waals surface area contributed by atoms with Crippen molar-refractivity contribution in [2.75, 3.05) is 6.61 Å². The lowest BCUT2D eigenvalue weighted by molar-refractivity contribution is 0.103. The summed E-state index contributed by atoms with van der Waals surface area (Å²) in [6.45, 7) is 5.69. The fraction of sp³-hybridized carbons (Fsp3) is 0.105. The number of phenols is 1. The summed E-state index contributed by atoms with van der Waals surface area (Å²) in [7, 11) is 0. The van der Waals surface area contributed by atoms with E-state index in [0.29, 0.717) is 23.0 Å². The molecule has 0 saturated heterocycles. The van der Waals surface area contributed by atoms with Crippen LogP contribution < -0.4 is 4.74 Å². The lowest BCUT2D eigenvalue weighted by Crippen LogP contribution is -2.02. The van der Waals surface area contributed by atoms with Crippen LogP contribution in [0, 0.1) is 0 Å². The Balaban J connectivity index is 2.34. The van der Waals surface area contributed by atoms with E-state index in [0.717, 1.165) is 5.56 Å². The molecule has 2 aromatic rings. The average molecular weight is 329 g/mol. The number of aromatic hydroxyl groups is 1. The van der Waals surface area contributed by atoms with Crippen LogP contribution in [0.25, 0.3) is 6.08 Å². The number of rotatable bonds is 6. The molecule has 0 bridgehead atoms. The maximum atomic E-state index is 12.5. The minimum absolute atomic E-state index is 0.0941. The predicted octanol–water partition coefficient (Wildman–Crippen LogP) is 4.90. The number of benzene rings is 2. The van der Waals surface area contributed by atoms with Gasteiger partial charge < -0.3 is 9.84 Å². The van der Waals surface area contributed by atoms with Gasteiger partial charge in [0.2, 0.25) is 0 Å². The van der Waals surface area contributed by atoms with Crippen LogP contribution in [0.3, 0.4) is 0 Å². The number of allylic oxidation sites excluding steroid dienone is 1. The molecule has 1 N–H and O–H groups in total. The molecule has 4 heteroatoms. The molecular weight excluding hydrogens is 312 g/mol. The number of hydrogen-bond acceptors (Lipinski definition) is 3. The fourth-order valence-corrected chi connectivity index (χ4v) is 2.25. The number of ether oxygens (including phenoxy) is 1. The zero-order valence-electron chi connectivity index (χ0n) is 12.8. The van der Waals surface area contributed by atoms with Crippen molar-refractivity contribution in [1.82, 2.24) is 0 Å². The normalized spacial score (nSPS) is 11.1. The van der Waals surface area contributed by atoms with Crippen molar-refractivity contribution in [1.29, 1.82) is 0 Å². The Kier molecular flexibility index (Phi) is 5.61. The Morgan fingerprint density at radius 3 is 2.78 bits per heavy atom. The molecule has 0 unspecified atom stereocenters. The molecule has 0 aliphatic rings. The van der Waals surface area contributed by atoms with Gasteiger partial charge >= 0.3 is 0 Å². The van der Waals surface area contributed by atoms with E-state index in [1.165, 1.54) is 18.2 Å². The fourth-order valence-electron chi connectivity index (χ4n) is 2.08. The smallest absolute Gasteiger partial charge is 0.192 e. The van der Waals surface area contributed by atoms with Crippen molar-refractivity contribution in [3.05, 3.63) is 76.8 Å². The zero-order chi connectivity index (χ0) is 16.8. The minimum Gasteiger partial charge on any atom is -0.507 e. The average Bonchev–Trinajstić information content (AvgIpc) is 2.55. The summed E-state index contributed by atoms with van der Waals surface area (Å²) in [5.41, 5.74) is 1.43. The van der Waals surface area contributed by atoms with Gasteiger partial charge in [-0.15, -0.1) is 0 Å². The van der Waals surface area contributed by atoms with Crippen LogP contribution >= 0.6 is 11.6 Å². The molecule has 2 aromatic carbocycles. The summed E-state index contributed by atoms with van der Waals surface area (Å²) in [5, 5.41) is 10.2. The summed E-state index contributed by atoms with van der Waals surface area (Å²) in [4.78, 5) is 12.5. The Morgan fingerprint density at radius 1 is 1.30 bits per heavy atom. The van der Waals surface area contributed by atoms with Crippen LogP contribution in [-0.4, -0.2) is 17.5 Å². The Morgan fingerprint density at radius 2 is 2.04 bits per heavy atom. The highest BCUT2D eigenvalue weighted by Gasteiger charge is 2.14. The second-order valence-corrected chi connectivity index (χ2v) is 5.39. The third kappa shape index (κ3) is 4.24. The van der Waals surface area contributed by atoms with Gasteiger partial charge in [-0.2, -0.15) is 0 Å². The number of para-hydroxylation sites is 1. The first kappa shape index (κ1) is 16.8. The summed E-state index contributed by atoms with van der Waals surface area (Å²) in [6, 6.07) is 11.8. The number of carbonyl (C=O) groups excluding carboxylic acids is 1.